The van der Waals surface area contributed by atoms with Gasteiger partial charge in [0.2, 0.25) is 5.91 Å². The summed E-state index contributed by atoms with van der Waals surface area (Å²) < 4.78 is 11.6. The molecule has 0 atom stereocenters. The van der Waals surface area contributed by atoms with Gasteiger partial charge in [-0.05, 0) is 24.1 Å². The smallest absolute Gasteiger partial charge is 0.358 e. The Morgan fingerprint density at radius 3 is 2.56 bits per heavy atom. The number of aryl methyl sites for hydroxylation is 1. The third-order valence-corrected chi connectivity index (χ3v) is 4.49. The van der Waals surface area contributed by atoms with E-state index in [0.29, 0.717) is 31.6 Å². The highest BCUT2D eigenvalue weighted by Gasteiger charge is 2.29. The van der Waals surface area contributed by atoms with Gasteiger partial charge in [-0.1, -0.05) is 12.1 Å². The van der Waals surface area contributed by atoms with Crippen LogP contribution >= 0.6 is 0 Å². The van der Waals surface area contributed by atoms with Crippen LogP contribution in [0.3, 0.4) is 0 Å². The first kappa shape index (κ1) is 17.0. The highest BCUT2D eigenvalue weighted by molar-refractivity contribution is 5.89. The molecule has 7 nitrogen and oxygen atoms in total. The molecule has 0 aliphatic carbocycles. The molecule has 2 aromatic rings. The second-order valence-electron chi connectivity index (χ2n) is 5.98. The van der Waals surface area contributed by atoms with Crippen LogP contribution in [-0.2, 0) is 36.0 Å². The molecule has 0 spiro atoms. The molecule has 0 unspecified atom stereocenters. The molecule has 0 N–H and O–H groups in total. The van der Waals surface area contributed by atoms with Crippen molar-refractivity contribution in [3.05, 3.63) is 46.8 Å². The second-order valence-corrected chi connectivity index (χ2v) is 5.98. The normalized spacial score (nSPS) is 13.3. The van der Waals surface area contributed by atoms with Gasteiger partial charge in [0, 0.05) is 19.2 Å². The van der Waals surface area contributed by atoms with Gasteiger partial charge >= 0.3 is 5.97 Å². The summed E-state index contributed by atoms with van der Waals surface area (Å²) in [6.07, 6.45) is 0.934. The summed E-state index contributed by atoms with van der Waals surface area (Å²) >= 11 is 0. The Morgan fingerprint density at radius 2 is 1.92 bits per heavy atom. The number of carbonyl (C=O) groups is 2. The number of nitrogens with zero attached hydrogens (tertiary/aromatic N) is 3. The lowest BCUT2D eigenvalue weighted by molar-refractivity contribution is -0.131. The Kier molecular flexibility index (Phi) is 4.74. The Hall–Kier alpha value is -2.83. The number of amides is 1. The van der Waals surface area contributed by atoms with Crippen LogP contribution in [0.15, 0.2) is 24.3 Å². The third-order valence-electron chi connectivity index (χ3n) is 4.49. The molecule has 2 heterocycles. The van der Waals surface area contributed by atoms with E-state index in [1.54, 1.807) is 23.7 Å². The number of ether oxygens (including phenoxy) is 2. The highest BCUT2D eigenvalue weighted by Crippen LogP contribution is 2.23. The molecule has 25 heavy (non-hydrogen) atoms. The minimum atomic E-state index is -0.435. The standard InChI is InChI=1S/C18H21N3O4/c1-20-15-11-21(9-8-14(15)17(19-20)18(23)25-3)16(22)10-12-4-6-13(24-2)7-5-12/h4-7H,8-11H2,1-3H3. The quantitative estimate of drug-likeness (QED) is 0.784. The number of aromatic nitrogens is 2. The molecule has 0 saturated carbocycles. The van der Waals surface area contributed by atoms with Crippen LogP contribution in [0.5, 0.6) is 5.75 Å². The van der Waals surface area contributed by atoms with Crippen molar-refractivity contribution in [2.75, 3.05) is 20.8 Å². The number of esters is 1. The zero-order valence-corrected chi connectivity index (χ0v) is 14.6. The van der Waals surface area contributed by atoms with Gasteiger partial charge < -0.3 is 14.4 Å². The van der Waals surface area contributed by atoms with Crippen LogP contribution in [0.25, 0.3) is 0 Å². The maximum absolute atomic E-state index is 12.6. The summed E-state index contributed by atoms with van der Waals surface area (Å²) in [5.41, 5.74) is 3.05. The minimum absolute atomic E-state index is 0.0524. The summed E-state index contributed by atoms with van der Waals surface area (Å²) in [5, 5.41) is 4.25. The van der Waals surface area contributed by atoms with Crippen LogP contribution in [-0.4, -0.2) is 47.3 Å². The largest absolute Gasteiger partial charge is 0.497 e. The average Bonchev–Trinajstić information content (AvgIpc) is 2.98. The fourth-order valence-electron chi connectivity index (χ4n) is 3.07. The van der Waals surface area contributed by atoms with Crippen LogP contribution in [0.4, 0.5) is 0 Å². The number of fused-ring (bicyclic) bond motifs is 1. The second kappa shape index (κ2) is 6.96. The van der Waals surface area contributed by atoms with E-state index >= 15 is 0 Å². The molecule has 0 bridgehead atoms. The van der Waals surface area contributed by atoms with Crippen molar-refractivity contribution < 1.29 is 19.1 Å². The van der Waals surface area contributed by atoms with Gasteiger partial charge in [0.1, 0.15) is 5.75 Å². The number of methoxy groups -OCH3 is 2. The zero-order chi connectivity index (χ0) is 18.0. The molecule has 1 aromatic heterocycles. The molecule has 0 fully saturated rings. The lowest BCUT2D eigenvalue weighted by Gasteiger charge is -2.27. The predicted octanol–water partition coefficient (Wildman–Crippen LogP) is 1.34. The van der Waals surface area contributed by atoms with Gasteiger partial charge in [0.15, 0.2) is 5.69 Å². The molecule has 132 valence electrons. The Balaban J connectivity index is 1.72. The topological polar surface area (TPSA) is 73.7 Å². The number of hydrogen-bond acceptors (Lipinski definition) is 5. The molecular formula is C18H21N3O4. The lowest BCUT2D eigenvalue weighted by Crippen LogP contribution is -2.37. The van der Waals surface area contributed by atoms with E-state index in [1.165, 1.54) is 7.11 Å². The maximum atomic E-state index is 12.6. The fraction of sp³-hybridized carbons (Fsp3) is 0.389. The third kappa shape index (κ3) is 3.35. The predicted molar refractivity (Wildman–Crippen MR) is 90.4 cm³/mol. The zero-order valence-electron chi connectivity index (χ0n) is 14.6. The number of hydrogen-bond donors (Lipinski definition) is 0. The van der Waals surface area contributed by atoms with Crippen LogP contribution in [0.1, 0.15) is 27.3 Å². The first-order valence-corrected chi connectivity index (χ1v) is 8.07. The molecular weight excluding hydrogens is 322 g/mol. The Bertz CT molecular complexity index is 795. The molecule has 1 aliphatic heterocycles. The minimum Gasteiger partial charge on any atom is -0.497 e. The number of rotatable bonds is 4. The van der Waals surface area contributed by atoms with E-state index in [4.69, 9.17) is 9.47 Å². The molecule has 0 radical (unpaired) electrons. The van der Waals surface area contributed by atoms with E-state index in [-0.39, 0.29) is 5.91 Å². The fourth-order valence-corrected chi connectivity index (χ4v) is 3.07. The van der Waals surface area contributed by atoms with Crippen LogP contribution in [0, 0.1) is 0 Å². The van der Waals surface area contributed by atoms with Gasteiger partial charge in [-0.2, -0.15) is 5.10 Å². The van der Waals surface area contributed by atoms with Crippen molar-refractivity contribution in [1.82, 2.24) is 14.7 Å². The Morgan fingerprint density at radius 1 is 1.20 bits per heavy atom. The summed E-state index contributed by atoms with van der Waals surface area (Å²) in [6, 6.07) is 7.48. The Labute approximate surface area is 146 Å². The van der Waals surface area contributed by atoms with Crippen molar-refractivity contribution in [3.63, 3.8) is 0 Å². The molecule has 1 aliphatic rings. The molecule has 3 rings (SSSR count). The lowest BCUT2D eigenvalue weighted by atomic mass is 10.0. The maximum Gasteiger partial charge on any atom is 0.358 e. The van der Waals surface area contributed by atoms with E-state index in [1.807, 2.05) is 24.3 Å². The monoisotopic (exact) mass is 343 g/mol. The molecule has 1 aromatic carbocycles. The first-order chi connectivity index (χ1) is 12.0. The van der Waals surface area contributed by atoms with Crippen molar-refractivity contribution in [2.45, 2.75) is 19.4 Å². The van der Waals surface area contributed by atoms with Gasteiger partial charge in [0.05, 0.1) is 32.9 Å². The van der Waals surface area contributed by atoms with Crippen molar-refractivity contribution >= 4 is 11.9 Å². The average molecular weight is 343 g/mol. The van der Waals surface area contributed by atoms with Gasteiger partial charge in [-0.3, -0.25) is 9.48 Å². The summed E-state index contributed by atoms with van der Waals surface area (Å²) in [5.74, 6) is 0.385. The van der Waals surface area contributed by atoms with Crippen molar-refractivity contribution in [2.24, 2.45) is 7.05 Å². The summed E-state index contributed by atoms with van der Waals surface area (Å²) in [6.45, 7) is 1.02. The van der Waals surface area contributed by atoms with Gasteiger partial charge in [-0.25, -0.2) is 4.79 Å². The van der Waals surface area contributed by atoms with Crippen molar-refractivity contribution in [1.29, 1.82) is 0 Å². The van der Waals surface area contributed by atoms with Gasteiger partial charge in [0.25, 0.3) is 0 Å². The number of carbonyl (C=O) groups excluding carboxylic acids is 2. The SMILES string of the molecule is COC(=O)c1nn(C)c2c1CCN(C(=O)Cc1ccc(OC)cc1)C2. The van der Waals surface area contributed by atoms with Crippen molar-refractivity contribution in [3.8, 4) is 5.75 Å². The first-order valence-electron chi connectivity index (χ1n) is 8.07. The highest BCUT2D eigenvalue weighted by atomic mass is 16.5. The molecule has 1 amide bonds. The van der Waals surface area contributed by atoms with Crippen LogP contribution < -0.4 is 4.74 Å². The van der Waals surface area contributed by atoms with E-state index in [0.717, 1.165) is 22.6 Å². The van der Waals surface area contributed by atoms with E-state index in [9.17, 15) is 9.59 Å². The molecule has 0 saturated heterocycles. The summed E-state index contributed by atoms with van der Waals surface area (Å²) in [7, 11) is 4.74. The number of benzene rings is 1. The van der Waals surface area contributed by atoms with Crippen LogP contribution in [0.2, 0.25) is 0 Å². The molecule has 7 heteroatoms. The van der Waals surface area contributed by atoms with E-state index < -0.39 is 5.97 Å². The summed E-state index contributed by atoms with van der Waals surface area (Å²) in [4.78, 5) is 26.2. The van der Waals surface area contributed by atoms with Gasteiger partial charge in [-0.15, -0.1) is 0 Å². The van der Waals surface area contributed by atoms with E-state index in [2.05, 4.69) is 5.10 Å².